The van der Waals surface area contributed by atoms with Crippen LogP contribution in [0.2, 0.25) is 0 Å². The quantitative estimate of drug-likeness (QED) is 0.920. The van der Waals surface area contributed by atoms with Gasteiger partial charge in [0.2, 0.25) is 0 Å². The number of aromatic nitrogens is 2. The number of likely N-dealkylation sites (N-methyl/N-ethyl adjacent to an activating group) is 1. The summed E-state index contributed by atoms with van der Waals surface area (Å²) in [5.41, 5.74) is 1.61. The van der Waals surface area contributed by atoms with Gasteiger partial charge >= 0.3 is 0 Å². The van der Waals surface area contributed by atoms with Crippen molar-refractivity contribution in [2.24, 2.45) is 0 Å². The highest BCUT2D eigenvalue weighted by Crippen LogP contribution is 2.30. The lowest BCUT2D eigenvalue weighted by molar-refractivity contribution is -0.0239. The van der Waals surface area contributed by atoms with Gasteiger partial charge in [-0.2, -0.15) is 5.10 Å². The summed E-state index contributed by atoms with van der Waals surface area (Å²) >= 11 is 3.66. The minimum absolute atomic E-state index is 0.618. The van der Waals surface area contributed by atoms with Crippen LogP contribution < -0.4 is 0 Å². The summed E-state index contributed by atoms with van der Waals surface area (Å²) in [5.74, 6) is 0. The van der Waals surface area contributed by atoms with E-state index < -0.39 is 5.60 Å². The van der Waals surface area contributed by atoms with Crippen molar-refractivity contribution in [3.05, 3.63) is 15.9 Å². The van der Waals surface area contributed by atoms with Gasteiger partial charge in [-0.15, -0.1) is 0 Å². The lowest BCUT2D eigenvalue weighted by atomic mass is 9.88. The van der Waals surface area contributed by atoms with Crippen molar-refractivity contribution >= 4 is 15.9 Å². The maximum absolute atomic E-state index is 10.8. The van der Waals surface area contributed by atoms with Crippen molar-refractivity contribution in [1.82, 2.24) is 14.7 Å². The van der Waals surface area contributed by atoms with Crippen LogP contribution in [0.25, 0.3) is 0 Å². The summed E-state index contributed by atoms with van der Waals surface area (Å²) in [6.45, 7) is 6.88. The molecule has 1 unspecified atom stereocenters. The summed E-state index contributed by atoms with van der Waals surface area (Å²) in [7, 11) is 2.08. The highest BCUT2D eigenvalue weighted by molar-refractivity contribution is 9.10. The maximum atomic E-state index is 10.8. The van der Waals surface area contributed by atoms with Crippen LogP contribution in [0.15, 0.2) is 4.47 Å². The number of rotatable bonds is 4. The Bertz CT molecular complexity index is 446. The van der Waals surface area contributed by atoms with Crippen molar-refractivity contribution in [3.8, 4) is 0 Å². The van der Waals surface area contributed by atoms with E-state index in [9.17, 15) is 5.11 Å². The van der Waals surface area contributed by atoms with E-state index in [1.165, 1.54) is 0 Å². The molecule has 1 aromatic rings. The van der Waals surface area contributed by atoms with Gasteiger partial charge in [0.15, 0.2) is 0 Å². The predicted molar refractivity (Wildman–Crippen MR) is 80.4 cm³/mol. The van der Waals surface area contributed by atoms with Gasteiger partial charge in [0.25, 0.3) is 0 Å². The number of likely N-dealkylation sites (tertiary alicyclic amines) is 1. The predicted octanol–water partition coefficient (Wildman–Crippen LogP) is 2.23. The highest BCUT2D eigenvalue weighted by atomic mass is 79.9. The lowest BCUT2D eigenvalue weighted by Crippen LogP contribution is -2.48. The van der Waals surface area contributed by atoms with Gasteiger partial charge in [-0.05, 0) is 55.7 Å². The van der Waals surface area contributed by atoms with Gasteiger partial charge in [-0.3, -0.25) is 4.68 Å². The number of halogens is 1. The second-order valence-corrected chi connectivity index (χ2v) is 6.41. The zero-order chi connectivity index (χ0) is 14.0. The SMILES string of the molecule is CCc1nn(CC)c(CC2(O)CCCN(C)C2)c1Br. The largest absolute Gasteiger partial charge is 0.388 e. The third kappa shape index (κ3) is 3.20. The van der Waals surface area contributed by atoms with Gasteiger partial charge in [-0.1, -0.05) is 6.92 Å². The molecule has 4 nitrogen and oxygen atoms in total. The van der Waals surface area contributed by atoms with Crippen molar-refractivity contribution in [2.45, 2.75) is 51.7 Å². The molecule has 1 aliphatic heterocycles. The van der Waals surface area contributed by atoms with E-state index in [0.717, 1.165) is 54.8 Å². The Labute approximate surface area is 123 Å². The molecule has 0 amide bonds. The molecule has 19 heavy (non-hydrogen) atoms. The van der Waals surface area contributed by atoms with E-state index in [2.05, 4.69) is 46.8 Å². The van der Waals surface area contributed by atoms with Crippen molar-refractivity contribution in [3.63, 3.8) is 0 Å². The molecule has 0 aromatic carbocycles. The Morgan fingerprint density at radius 3 is 2.74 bits per heavy atom. The maximum Gasteiger partial charge on any atom is 0.0829 e. The average molecular weight is 330 g/mol. The number of nitrogens with zero attached hydrogens (tertiary/aromatic N) is 3. The first-order chi connectivity index (χ1) is 8.99. The Balaban J connectivity index is 2.24. The third-order valence-corrected chi connectivity index (χ3v) is 4.85. The summed E-state index contributed by atoms with van der Waals surface area (Å²) in [6, 6.07) is 0. The second-order valence-electron chi connectivity index (χ2n) is 5.62. The molecule has 0 spiro atoms. The molecule has 1 aliphatic rings. The third-order valence-electron chi connectivity index (χ3n) is 3.94. The smallest absolute Gasteiger partial charge is 0.0829 e. The fraction of sp³-hybridized carbons (Fsp3) is 0.786. The van der Waals surface area contributed by atoms with Crippen molar-refractivity contribution < 1.29 is 5.11 Å². The summed E-state index contributed by atoms with van der Waals surface area (Å²) < 4.78 is 3.11. The zero-order valence-electron chi connectivity index (χ0n) is 12.1. The van der Waals surface area contributed by atoms with E-state index in [1.54, 1.807) is 0 Å². The fourth-order valence-electron chi connectivity index (χ4n) is 2.98. The van der Waals surface area contributed by atoms with Crippen LogP contribution in [0.3, 0.4) is 0 Å². The molecule has 0 saturated carbocycles. The lowest BCUT2D eigenvalue weighted by Gasteiger charge is -2.37. The van der Waals surface area contributed by atoms with E-state index in [0.29, 0.717) is 6.42 Å². The van der Waals surface area contributed by atoms with E-state index in [1.807, 2.05) is 4.68 Å². The summed E-state index contributed by atoms with van der Waals surface area (Å²) in [5, 5.41) is 15.4. The van der Waals surface area contributed by atoms with Crippen LogP contribution >= 0.6 is 15.9 Å². The van der Waals surface area contributed by atoms with E-state index in [4.69, 9.17) is 0 Å². The van der Waals surface area contributed by atoms with Gasteiger partial charge < -0.3 is 10.0 Å². The molecule has 2 rings (SSSR count). The first kappa shape index (κ1) is 15.0. The van der Waals surface area contributed by atoms with Crippen LogP contribution in [0.5, 0.6) is 0 Å². The Morgan fingerprint density at radius 2 is 2.16 bits per heavy atom. The molecule has 1 atom stereocenters. The minimum atomic E-state index is -0.618. The molecular formula is C14H24BrN3O. The van der Waals surface area contributed by atoms with Gasteiger partial charge in [0.1, 0.15) is 0 Å². The second kappa shape index (κ2) is 5.94. The van der Waals surface area contributed by atoms with Crippen LogP contribution in [0.4, 0.5) is 0 Å². The number of piperidine rings is 1. The van der Waals surface area contributed by atoms with Gasteiger partial charge in [-0.25, -0.2) is 0 Å². The molecule has 1 N–H and O–H groups in total. The molecule has 5 heteroatoms. The summed E-state index contributed by atoms with van der Waals surface area (Å²) in [6.07, 6.45) is 3.53. The average Bonchev–Trinajstić information content (AvgIpc) is 2.65. The molecule has 2 heterocycles. The van der Waals surface area contributed by atoms with Crippen LogP contribution in [-0.4, -0.2) is 45.5 Å². The Morgan fingerprint density at radius 1 is 1.42 bits per heavy atom. The number of aryl methyl sites for hydroxylation is 2. The normalized spacial score (nSPS) is 24.9. The zero-order valence-corrected chi connectivity index (χ0v) is 13.7. The van der Waals surface area contributed by atoms with Crippen LogP contribution in [0.1, 0.15) is 38.1 Å². The fourth-order valence-corrected chi connectivity index (χ4v) is 3.69. The van der Waals surface area contributed by atoms with Crippen molar-refractivity contribution in [2.75, 3.05) is 20.1 Å². The number of hydrogen-bond donors (Lipinski definition) is 1. The van der Waals surface area contributed by atoms with E-state index in [-0.39, 0.29) is 0 Å². The Kier molecular flexibility index (Phi) is 4.69. The molecule has 0 radical (unpaired) electrons. The molecular weight excluding hydrogens is 306 g/mol. The monoisotopic (exact) mass is 329 g/mol. The number of aliphatic hydroxyl groups is 1. The summed E-state index contributed by atoms with van der Waals surface area (Å²) in [4.78, 5) is 2.21. The standard InChI is InChI=1S/C14H24BrN3O/c1-4-11-13(15)12(18(5-2)16-11)9-14(19)7-6-8-17(3)10-14/h19H,4-10H2,1-3H3. The first-order valence-corrected chi connectivity index (χ1v) is 7.93. The van der Waals surface area contributed by atoms with Crippen LogP contribution in [0, 0.1) is 0 Å². The molecule has 1 saturated heterocycles. The highest BCUT2D eigenvalue weighted by Gasteiger charge is 2.34. The number of β-amino-alcohol motifs (C(OH)–C–C–N with tert-alkyl or cyclic N) is 1. The molecule has 1 aromatic heterocycles. The minimum Gasteiger partial charge on any atom is -0.388 e. The molecule has 1 fully saturated rings. The number of hydrogen-bond acceptors (Lipinski definition) is 3. The van der Waals surface area contributed by atoms with Gasteiger partial charge in [0, 0.05) is 19.5 Å². The molecule has 0 bridgehead atoms. The van der Waals surface area contributed by atoms with Gasteiger partial charge in [0.05, 0.1) is 21.5 Å². The van der Waals surface area contributed by atoms with E-state index >= 15 is 0 Å². The van der Waals surface area contributed by atoms with Crippen LogP contribution in [-0.2, 0) is 19.4 Å². The topological polar surface area (TPSA) is 41.3 Å². The first-order valence-electron chi connectivity index (χ1n) is 7.14. The molecule has 0 aliphatic carbocycles. The Hall–Kier alpha value is -0.390. The molecule has 108 valence electrons. The van der Waals surface area contributed by atoms with Crippen molar-refractivity contribution in [1.29, 1.82) is 0 Å².